The molecule has 2 aliphatic heterocycles. The largest absolute Gasteiger partial charge is 0.396 e. The first-order valence-electron chi connectivity index (χ1n) is 11.9. The Labute approximate surface area is 177 Å². The molecule has 30 heavy (non-hydrogen) atoms. The molecule has 2 N–H and O–H groups in total. The van der Waals surface area contributed by atoms with Crippen LogP contribution in [0.4, 0.5) is 13.2 Å². The minimum atomic E-state index is -4.31. The molecule has 5 fully saturated rings. The van der Waals surface area contributed by atoms with Crippen LogP contribution in [0, 0.1) is 16.7 Å². The van der Waals surface area contributed by atoms with Crippen LogP contribution in [-0.4, -0.2) is 79.8 Å². The number of carbonyl (C=O) groups is 1. The molecule has 2 saturated heterocycles. The summed E-state index contributed by atoms with van der Waals surface area (Å²) in [6.45, 7) is 5.82. The van der Waals surface area contributed by atoms with Crippen LogP contribution in [-0.2, 0) is 4.79 Å². The summed E-state index contributed by atoms with van der Waals surface area (Å²) in [5, 5.41) is 5.81. The number of amides is 1. The zero-order valence-electron chi connectivity index (χ0n) is 17.8. The molecule has 0 radical (unpaired) electrons. The summed E-state index contributed by atoms with van der Waals surface area (Å²) < 4.78 is 40.6. The van der Waals surface area contributed by atoms with Crippen molar-refractivity contribution in [3.63, 3.8) is 0 Å². The molecular formula is C22H35F3N4O. The van der Waals surface area contributed by atoms with Crippen LogP contribution in [0.2, 0.25) is 0 Å². The molecule has 0 spiro atoms. The van der Waals surface area contributed by atoms with E-state index in [1.165, 1.54) is 25.8 Å². The average molecular weight is 429 g/mol. The van der Waals surface area contributed by atoms with E-state index in [1.54, 1.807) is 0 Å². The molecule has 2 atom stereocenters. The second-order valence-electron chi connectivity index (χ2n) is 10.5. The van der Waals surface area contributed by atoms with E-state index < -0.39 is 17.0 Å². The van der Waals surface area contributed by atoms with E-state index in [2.05, 4.69) is 20.4 Å². The highest BCUT2D eigenvalue weighted by Gasteiger charge is 2.84. The lowest BCUT2D eigenvalue weighted by Gasteiger charge is -2.42. The van der Waals surface area contributed by atoms with Gasteiger partial charge in [-0.25, -0.2) is 0 Å². The summed E-state index contributed by atoms with van der Waals surface area (Å²) in [5.41, 5.74) is -3.10. The molecule has 2 heterocycles. The third-order valence-electron chi connectivity index (χ3n) is 8.73. The summed E-state index contributed by atoms with van der Waals surface area (Å²) in [4.78, 5) is 18.0. The molecule has 5 nitrogen and oxygen atoms in total. The van der Waals surface area contributed by atoms with Crippen LogP contribution in [0.1, 0.15) is 51.4 Å². The number of halogens is 3. The number of fused-ring (bicyclic) bond motifs is 1. The summed E-state index contributed by atoms with van der Waals surface area (Å²) >= 11 is 0. The summed E-state index contributed by atoms with van der Waals surface area (Å²) in [6.07, 6.45) is 3.66. The van der Waals surface area contributed by atoms with E-state index in [-0.39, 0.29) is 31.5 Å². The Morgan fingerprint density at radius 2 is 1.70 bits per heavy atom. The van der Waals surface area contributed by atoms with Gasteiger partial charge in [-0.1, -0.05) is 12.8 Å². The predicted octanol–water partition coefficient (Wildman–Crippen LogP) is 2.37. The third-order valence-corrected chi connectivity index (χ3v) is 8.73. The maximum atomic E-state index is 13.5. The van der Waals surface area contributed by atoms with Gasteiger partial charge in [0.25, 0.3) is 0 Å². The quantitative estimate of drug-likeness (QED) is 0.682. The van der Waals surface area contributed by atoms with Crippen molar-refractivity contribution in [2.45, 2.75) is 69.6 Å². The third kappa shape index (κ3) is 3.66. The van der Waals surface area contributed by atoms with Gasteiger partial charge in [-0.3, -0.25) is 9.69 Å². The molecule has 3 aliphatic carbocycles. The van der Waals surface area contributed by atoms with Gasteiger partial charge in [0, 0.05) is 51.4 Å². The lowest BCUT2D eigenvalue weighted by atomic mass is 9.88. The Kier molecular flexibility index (Phi) is 5.34. The Morgan fingerprint density at radius 1 is 1.00 bits per heavy atom. The first-order valence-corrected chi connectivity index (χ1v) is 11.9. The summed E-state index contributed by atoms with van der Waals surface area (Å²) in [7, 11) is 0. The van der Waals surface area contributed by atoms with Crippen LogP contribution < -0.4 is 10.6 Å². The SMILES string of the molecule is O=C(N[C@H]1CC[C@@H](N2CCN(CCC3CC3)CC2)CC1)C12CNCC1(C(F)(F)F)C2. The van der Waals surface area contributed by atoms with Gasteiger partial charge in [-0.15, -0.1) is 0 Å². The fourth-order valence-electron chi connectivity index (χ4n) is 6.31. The highest BCUT2D eigenvalue weighted by atomic mass is 19.4. The topological polar surface area (TPSA) is 47.6 Å². The van der Waals surface area contributed by atoms with Crippen molar-refractivity contribution < 1.29 is 18.0 Å². The van der Waals surface area contributed by atoms with Crippen molar-refractivity contribution in [3.8, 4) is 0 Å². The van der Waals surface area contributed by atoms with E-state index in [0.717, 1.165) is 57.8 Å². The molecule has 8 heteroatoms. The molecule has 0 aromatic carbocycles. The van der Waals surface area contributed by atoms with E-state index in [1.807, 2.05) is 0 Å². The van der Waals surface area contributed by atoms with E-state index in [4.69, 9.17) is 0 Å². The van der Waals surface area contributed by atoms with Crippen molar-refractivity contribution >= 4 is 5.91 Å². The highest BCUT2D eigenvalue weighted by Crippen LogP contribution is 2.73. The van der Waals surface area contributed by atoms with Gasteiger partial charge >= 0.3 is 6.18 Å². The fourth-order valence-corrected chi connectivity index (χ4v) is 6.31. The molecule has 5 aliphatic rings. The van der Waals surface area contributed by atoms with Gasteiger partial charge in [0.15, 0.2) is 0 Å². The van der Waals surface area contributed by atoms with Gasteiger partial charge in [0.1, 0.15) is 0 Å². The Balaban J connectivity index is 1.06. The lowest BCUT2D eigenvalue weighted by molar-refractivity contribution is -0.192. The van der Waals surface area contributed by atoms with Crippen molar-refractivity contribution in [2.24, 2.45) is 16.7 Å². The number of piperidine rings is 1. The van der Waals surface area contributed by atoms with Crippen LogP contribution >= 0.6 is 0 Å². The standard InChI is InChI=1S/C22H35F3N4O/c23-22(24,25)21-13-20(21,14-26-15-21)19(30)27-17-3-5-18(6-4-17)29-11-9-28(10-12-29)8-7-16-1-2-16/h16-18,26H,1-15H2,(H,27,30)/t17-,18+,20?,21?. The highest BCUT2D eigenvalue weighted by molar-refractivity contribution is 5.88. The van der Waals surface area contributed by atoms with Gasteiger partial charge in [0.2, 0.25) is 5.91 Å². The normalized spacial score (nSPS) is 40.2. The molecule has 5 rings (SSSR count). The number of rotatable bonds is 6. The van der Waals surface area contributed by atoms with Crippen molar-refractivity contribution in [3.05, 3.63) is 0 Å². The van der Waals surface area contributed by atoms with Crippen LogP contribution in [0.5, 0.6) is 0 Å². The minimum absolute atomic E-state index is 0.0232. The molecule has 170 valence electrons. The second-order valence-corrected chi connectivity index (χ2v) is 10.5. The number of nitrogens with one attached hydrogen (secondary N) is 2. The van der Waals surface area contributed by atoms with E-state index in [0.29, 0.717) is 6.04 Å². The number of hydrogen-bond donors (Lipinski definition) is 2. The Bertz CT molecular complexity index is 653. The van der Waals surface area contributed by atoms with Crippen LogP contribution in [0.3, 0.4) is 0 Å². The van der Waals surface area contributed by atoms with Crippen LogP contribution in [0.15, 0.2) is 0 Å². The number of hydrogen-bond acceptors (Lipinski definition) is 4. The first-order chi connectivity index (χ1) is 14.3. The number of carbonyl (C=O) groups excluding carboxylic acids is 1. The predicted molar refractivity (Wildman–Crippen MR) is 108 cm³/mol. The molecule has 0 bridgehead atoms. The maximum absolute atomic E-state index is 13.5. The van der Waals surface area contributed by atoms with Gasteiger partial charge < -0.3 is 15.5 Å². The van der Waals surface area contributed by atoms with E-state index >= 15 is 0 Å². The summed E-state index contributed by atoms with van der Waals surface area (Å²) in [6, 6.07) is 0.584. The van der Waals surface area contributed by atoms with Crippen molar-refractivity contribution in [1.82, 2.24) is 20.4 Å². The average Bonchev–Trinajstić information content (AvgIpc) is 3.64. The maximum Gasteiger partial charge on any atom is 0.396 e. The summed E-state index contributed by atoms with van der Waals surface area (Å²) in [5.74, 6) is 0.613. The number of nitrogens with zero attached hydrogens (tertiary/aromatic N) is 2. The monoisotopic (exact) mass is 428 g/mol. The Hall–Kier alpha value is -0.860. The Morgan fingerprint density at radius 3 is 2.30 bits per heavy atom. The van der Waals surface area contributed by atoms with Gasteiger partial charge in [-0.05, 0) is 51.0 Å². The molecule has 0 aromatic heterocycles. The van der Waals surface area contributed by atoms with Crippen molar-refractivity contribution in [2.75, 3.05) is 45.8 Å². The van der Waals surface area contributed by atoms with E-state index in [9.17, 15) is 18.0 Å². The smallest absolute Gasteiger partial charge is 0.353 e. The number of alkyl halides is 3. The minimum Gasteiger partial charge on any atom is -0.353 e. The van der Waals surface area contributed by atoms with Gasteiger partial charge in [0.05, 0.1) is 10.8 Å². The van der Waals surface area contributed by atoms with Crippen LogP contribution in [0.25, 0.3) is 0 Å². The molecule has 3 saturated carbocycles. The number of piperazine rings is 1. The molecular weight excluding hydrogens is 393 g/mol. The van der Waals surface area contributed by atoms with Crippen molar-refractivity contribution in [1.29, 1.82) is 0 Å². The second kappa shape index (κ2) is 7.62. The fraction of sp³-hybridized carbons (Fsp3) is 0.955. The first kappa shape index (κ1) is 21.0. The lowest BCUT2D eigenvalue weighted by Crippen LogP contribution is -2.53. The zero-order chi connectivity index (χ0) is 21.0. The molecule has 2 unspecified atom stereocenters. The zero-order valence-corrected chi connectivity index (χ0v) is 17.8. The van der Waals surface area contributed by atoms with Gasteiger partial charge in [-0.2, -0.15) is 13.2 Å². The molecule has 0 aromatic rings. The molecule has 1 amide bonds.